The monoisotopic (exact) mass is 1290 g/mol. The highest BCUT2D eigenvalue weighted by Gasteiger charge is 2.29. The summed E-state index contributed by atoms with van der Waals surface area (Å²) in [4.78, 5) is 58.3. The van der Waals surface area contributed by atoms with Gasteiger partial charge in [-0.25, -0.2) is 9.13 Å². The molecule has 89 heavy (non-hydrogen) atoms. The Hall–Kier alpha value is -4.57. The van der Waals surface area contributed by atoms with Crippen LogP contribution in [0.5, 0.6) is 0 Å². The van der Waals surface area contributed by atoms with Gasteiger partial charge in [0.05, 0.1) is 26.4 Å². The molecule has 0 rings (SSSR count). The average molecular weight is 1290 g/mol. The third-order valence-corrected chi connectivity index (χ3v) is 14.9. The zero-order valence-corrected chi connectivity index (χ0v) is 56.3. The SMILES string of the molecule is CC/C=C\C/C=C\C/C=C\C/C=C\C/C=C\CCCCCCCC(=O)OCC(O)COP(=O)(O)OCC(O)COP(=O)(O)OCC(COC(=O)CCC/C=C\C/C=C\C/C=C\C/C=C\C/C=C\CC)OC(=O)CCCCCCC/C=C\C/C=C\CCCCC. The number of allylic oxidation sites excluding steroid dienone is 24. The van der Waals surface area contributed by atoms with Crippen molar-refractivity contribution in [1.82, 2.24) is 0 Å². The van der Waals surface area contributed by atoms with Crippen LogP contribution >= 0.6 is 15.6 Å². The molecule has 0 aliphatic heterocycles. The quantitative estimate of drug-likeness (QED) is 0.0146. The molecule has 0 aliphatic carbocycles. The molecule has 0 aromatic heterocycles. The minimum Gasteiger partial charge on any atom is -0.463 e. The molecule has 4 N–H and O–H groups in total. The second-order valence-corrected chi connectivity index (χ2v) is 24.4. The lowest BCUT2D eigenvalue weighted by atomic mass is 10.1. The molecule has 0 aliphatic rings. The van der Waals surface area contributed by atoms with Gasteiger partial charge in [0, 0.05) is 19.3 Å². The van der Waals surface area contributed by atoms with Crippen molar-refractivity contribution < 1.29 is 75.8 Å². The van der Waals surface area contributed by atoms with E-state index in [1.165, 1.54) is 19.3 Å². The van der Waals surface area contributed by atoms with Crippen molar-refractivity contribution in [3.63, 3.8) is 0 Å². The summed E-state index contributed by atoms with van der Waals surface area (Å²) < 4.78 is 60.7. The number of hydrogen-bond donors (Lipinski definition) is 4. The van der Waals surface area contributed by atoms with Gasteiger partial charge in [0.1, 0.15) is 25.4 Å². The molecule has 16 nitrogen and oxygen atoms in total. The van der Waals surface area contributed by atoms with Crippen molar-refractivity contribution in [3.8, 4) is 0 Å². The zero-order chi connectivity index (χ0) is 65.3. The Labute approximate surface area is 537 Å². The first kappa shape index (κ1) is 84.4. The van der Waals surface area contributed by atoms with Crippen LogP contribution in [-0.4, -0.2) is 95.9 Å². The normalized spacial score (nSPS) is 15.2. The maximum Gasteiger partial charge on any atom is 0.472 e. The highest BCUT2D eigenvalue weighted by molar-refractivity contribution is 7.47. The van der Waals surface area contributed by atoms with Gasteiger partial charge in [-0.1, -0.05) is 218 Å². The number of carbonyl (C=O) groups is 3. The van der Waals surface area contributed by atoms with Crippen LogP contribution in [0.4, 0.5) is 0 Å². The van der Waals surface area contributed by atoms with E-state index in [0.29, 0.717) is 25.7 Å². The molecular formula is C71H116O16P2. The Morgan fingerprint density at radius 3 is 0.989 bits per heavy atom. The molecule has 0 heterocycles. The number of aliphatic hydroxyl groups excluding tert-OH is 2. The molecule has 0 radical (unpaired) electrons. The Balaban J connectivity index is 4.75. The Kier molecular flexibility index (Phi) is 60.3. The molecule has 0 fully saturated rings. The van der Waals surface area contributed by atoms with E-state index >= 15 is 0 Å². The summed E-state index contributed by atoms with van der Waals surface area (Å²) in [5.74, 6) is -1.69. The van der Waals surface area contributed by atoms with E-state index in [9.17, 15) is 43.5 Å². The standard InChI is InChI=1S/C71H116O16P2/c1-4-7-10-13-16-19-22-25-28-30-31-32-33-35-38-39-42-45-48-51-54-57-69(74)81-60-66(72)61-83-88(77,78)84-62-67(73)63-85-89(79,80)86-65-68(87-71(76)59-56-53-50-47-44-41-36-27-24-21-18-15-12-9-6-3)64-82-70(75)58-55-52-49-46-43-40-37-34-29-26-23-20-17-14-11-8-5-2/h7-8,10-11,16-21,25-29,31-32,35-38,40,46,49,66-68,72-73H,4-6,9,12-15,22-24,30,33-34,39,41-45,47-48,50-65H2,1-3H3,(H,77,78)(H,79,80)/b10-7-,11-8-,19-16-,20-17-,21-18-,28-25-,29-26-,32-31-,36-27-,38-35-,40-37-,49-46-. The molecule has 0 saturated carbocycles. The average Bonchev–Trinajstić information content (AvgIpc) is 3.63. The van der Waals surface area contributed by atoms with E-state index < -0.39 is 91.5 Å². The molecule has 0 aromatic carbocycles. The minimum absolute atomic E-state index is 0.0709. The van der Waals surface area contributed by atoms with Crippen molar-refractivity contribution in [2.45, 2.75) is 245 Å². The topological polar surface area (TPSA) is 231 Å². The second-order valence-electron chi connectivity index (χ2n) is 21.5. The van der Waals surface area contributed by atoms with Crippen LogP contribution in [0.15, 0.2) is 146 Å². The summed E-state index contributed by atoms with van der Waals surface area (Å²) in [6.07, 6.45) is 74.8. The summed E-state index contributed by atoms with van der Waals surface area (Å²) >= 11 is 0. The van der Waals surface area contributed by atoms with E-state index in [4.69, 9.17) is 32.3 Å². The predicted molar refractivity (Wildman–Crippen MR) is 362 cm³/mol. The number of phosphoric ester groups is 2. The number of carbonyl (C=O) groups excluding carboxylic acids is 3. The number of rotatable bonds is 61. The van der Waals surface area contributed by atoms with Crippen LogP contribution in [0.25, 0.3) is 0 Å². The molecule has 0 bridgehead atoms. The van der Waals surface area contributed by atoms with Gasteiger partial charge in [-0.05, 0) is 135 Å². The van der Waals surface area contributed by atoms with Crippen molar-refractivity contribution in [2.24, 2.45) is 0 Å². The first-order chi connectivity index (χ1) is 43.2. The van der Waals surface area contributed by atoms with Crippen molar-refractivity contribution >= 4 is 33.6 Å². The Morgan fingerprint density at radius 2 is 0.607 bits per heavy atom. The van der Waals surface area contributed by atoms with Gasteiger partial charge in [0.2, 0.25) is 0 Å². The number of phosphoric acid groups is 2. The van der Waals surface area contributed by atoms with Crippen molar-refractivity contribution in [1.29, 1.82) is 0 Å². The number of esters is 3. The number of unbranched alkanes of at least 4 members (excludes halogenated alkanes) is 14. The van der Waals surface area contributed by atoms with Gasteiger partial charge in [-0.15, -0.1) is 0 Å². The predicted octanol–water partition coefficient (Wildman–Crippen LogP) is 18.2. The van der Waals surface area contributed by atoms with Crippen molar-refractivity contribution in [2.75, 3.05) is 39.6 Å². The van der Waals surface area contributed by atoms with Gasteiger partial charge in [-0.2, -0.15) is 0 Å². The summed E-state index contributed by atoms with van der Waals surface area (Å²) in [7, 11) is -9.81. The number of ether oxygens (including phenoxy) is 3. The van der Waals surface area contributed by atoms with Gasteiger partial charge in [0.15, 0.2) is 6.10 Å². The van der Waals surface area contributed by atoms with Gasteiger partial charge < -0.3 is 34.2 Å². The molecule has 0 saturated heterocycles. The third kappa shape index (κ3) is 64.8. The first-order valence-corrected chi connectivity index (χ1v) is 36.1. The molecular weight excluding hydrogens is 1170 g/mol. The fraction of sp³-hybridized carbons (Fsp3) is 0.620. The third-order valence-electron chi connectivity index (χ3n) is 13.0. The fourth-order valence-electron chi connectivity index (χ4n) is 8.01. The summed E-state index contributed by atoms with van der Waals surface area (Å²) in [6, 6.07) is 0. The summed E-state index contributed by atoms with van der Waals surface area (Å²) in [6.45, 7) is 2.27. The fourth-order valence-corrected chi connectivity index (χ4v) is 9.60. The molecule has 0 amide bonds. The smallest absolute Gasteiger partial charge is 0.463 e. The molecule has 5 unspecified atom stereocenters. The Morgan fingerprint density at radius 1 is 0.326 bits per heavy atom. The van der Waals surface area contributed by atoms with E-state index in [1.54, 1.807) is 0 Å². The van der Waals surface area contributed by atoms with Gasteiger partial charge >= 0.3 is 33.6 Å². The van der Waals surface area contributed by atoms with E-state index in [1.807, 2.05) is 12.2 Å². The highest BCUT2D eigenvalue weighted by Crippen LogP contribution is 2.45. The van der Waals surface area contributed by atoms with E-state index in [0.717, 1.165) is 141 Å². The maximum absolute atomic E-state index is 12.9. The summed E-state index contributed by atoms with van der Waals surface area (Å²) in [5, 5.41) is 20.5. The molecule has 0 spiro atoms. The minimum atomic E-state index is -4.95. The van der Waals surface area contributed by atoms with Crippen LogP contribution < -0.4 is 0 Å². The van der Waals surface area contributed by atoms with Gasteiger partial charge in [0.25, 0.3) is 0 Å². The first-order valence-electron chi connectivity index (χ1n) is 33.1. The Bertz CT molecular complexity index is 2210. The molecule has 5 atom stereocenters. The lowest BCUT2D eigenvalue weighted by molar-refractivity contribution is -0.161. The van der Waals surface area contributed by atoms with Crippen LogP contribution in [-0.2, 0) is 55.8 Å². The largest absolute Gasteiger partial charge is 0.472 e. The van der Waals surface area contributed by atoms with E-state index in [2.05, 4.69) is 154 Å². The van der Waals surface area contributed by atoms with Crippen LogP contribution in [0.1, 0.15) is 226 Å². The van der Waals surface area contributed by atoms with Crippen LogP contribution in [0.3, 0.4) is 0 Å². The molecule has 0 aromatic rings. The van der Waals surface area contributed by atoms with Crippen LogP contribution in [0.2, 0.25) is 0 Å². The number of aliphatic hydroxyl groups is 2. The lowest BCUT2D eigenvalue weighted by Gasteiger charge is -2.21. The second kappa shape index (κ2) is 63.6. The van der Waals surface area contributed by atoms with Gasteiger partial charge in [-0.3, -0.25) is 32.5 Å². The highest BCUT2D eigenvalue weighted by atomic mass is 31.2. The number of hydrogen-bond acceptors (Lipinski definition) is 14. The summed E-state index contributed by atoms with van der Waals surface area (Å²) in [5.41, 5.74) is 0. The zero-order valence-electron chi connectivity index (χ0n) is 54.5. The maximum atomic E-state index is 12.9. The van der Waals surface area contributed by atoms with Crippen molar-refractivity contribution in [3.05, 3.63) is 146 Å². The molecule has 506 valence electrons. The van der Waals surface area contributed by atoms with E-state index in [-0.39, 0.29) is 19.3 Å². The molecule has 18 heteroatoms. The lowest BCUT2D eigenvalue weighted by Crippen LogP contribution is -2.30. The van der Waals surface area contributed by atoms with Crippen LogP contribution in [0, 0.1) is 0 Å².